The van der Waals surface area contributed by atoms with Gasteiger partial charge in [0.15, 0.2) is 0 Å². The molecule has 2 N–H and O–H groups in total. The van der Waals surface area contributed by atoms with Crippen molar-refractivity contribution < 1.29 is 19.7 Å². The van der Waals surface area contributed by atoms with Crippen LogP contribution in [0.25, 0.3) is 6.08 Å². The summed E-state index contributed by atoms with van der Waals surface area (Å²) in [5, 5.41) is 20.7. The van der Waals surface area contributed by atoms with E-state index >= 15 is 0 Å². The van der Waals surface area contributed by atoms with Crippen molar-refractivity contribution in [2.24, 2.45) is 22.7 Å². The molecule has 0 bridgehead atoms. The highest BCUT2D eigenvalue weighted by atomic mass is 16.5. The third-order valence-electron chi connectivity index (χ3n) is 8.48. The number of ether oxygens (including phenoxy) is 1. The highest BCUT2D eigenvalue weighted by molar-refractivity contribution is 5.87. The highest BCUT2D eigenvalue weighted by Gasteiger charge is 2.59. The molecule has 0 amide bonds. The second-order valence-corrected chi connectivity index (χ2v) is 10.9. The molecule has 5 atom stereocenters. The molecular weight excluding hydrogens is 412 g/mol. The van der Waals surface area contributed by atoms with Crippen molar-refractivity contribution in [1.29, 1.82) is 0 Å². The molecule has 4 heteroatoms. The van der Waals surface area contributed by atoms with E-state index in [-0.39, 0.29) is 28.5 Å². The summed E-state index contributed by atoms with van der Waals surface area (Å²) in [5.41, 5.74) is 1.03. The molecule has 1 aromatic rings. The maximum Gasteiger partial charge on any atom is 0.330 e. The largest absolute Gasteiger partial charge is 0.508 e. The number of hydrogen-bond donors (Lipinski definition) is 2. The number of rotatable bonds is 8. The summed E-state index contributed by atoms with van der Waals surface area (Å²) < 4.78 is 5.76. The van der Waals surface area contributed by atoms with Gasteiger partial charge in [0, 0.05) is 11.5 Å². The average Bonchev–Trinajstić information content (AvgIpc) is 2.76. The fraction of sp³-hybridized carbons (Fsp3) is 0.552. The fourth-order valence-electron chi connectivity index (χ4n) is 6.71. The van der Waals surface area contributed by atoms with Crippen molar-refractivity contribution >= 4 is 12.0 Å². The topological polar surface area (TPSA) is 66.8 Å². The van der Waals surface area contributed by atoms with Gasteiger partial charge in [-0.05, 0) is 86.5 Å². The van der Waals surface area contributed by atoms with E-state index < -0.39 is 5.60 Å². The molecule has 4 nitrogen and oxygen atoms in total. The number of esters is 1. The quantitative estimate of drug-likeness (QED) is 0.270. The summed E-state index contributed by atoms with van der Waals surface area (Å²) in [5.74, 6) is 0.403. The second kappa shape index (κ2) is 9.89. The summed E-state index contributed by atoms with van der Waals surface area (Å²) >= 11 is 0. The number of fused-ring (bicyclic) bond motifs is 1. The zero-order chi connectivity index (χ0) is 24.3. The monoisotopic (exact) mass is 452 g/mol. The van der Waals surface area contributed by atoms with E-state index in [2.05, 4.69) is 27.0 Å². The number of aromatic hydroxyl groups is 1. The highest BCUT2D eigenvalue weighted by Crippen LogP contribution is 2.63. The van der Waals surface area contributed by atoms with Gasteiger partial charge in [0.1, 0.15) is 5.75 Å². The van der Waals surface area contributed by atoms with E-state index in [0.29, 0.717) is 12.5 Å². The molecule has 1 aromatic carbocycles. The summed E-state index contributed by atoms with van der Waals surface area (Å²) in [4.78, 5) is 12.5. The zero-order valence-electron chi connectivity index (χ0n) is 20.5. The fourth-order valence-corrected chi connectivity index (χ4v) is 6.71. The first kappa shape index (κ1) is 25.3. The van der Waals surface area contributed by atoms with Crippen LogP contribution in [0.15, 0.2) is 55.1 Å². The van der Waals surface area contributed by atoms with Crippen LogP contribution in [0.5, 0.6) is 5.75 Å². The molecular formula is C29H40O4. The van der Waals surface area contributed by atoms with E-state index in [1.807, 2.05) is 13.0 Å². The number of phenolic OH excluding ortho intramolecular Hbond substituents is 1. The molecule has 2 aliphatic carbocycles. The molecule has 2 aliphatic rings. The minimum Gasteiger partial charge on any atom is -0.508 e. The molecule has 0 heterocycles. The van der Waals surface area contributed by atoms with Crippen molar-refractivity contribution in [3.8, 4) is 5.75 Å². The van der Waals surface area contributed by atoms with Gasteiger partial charge in [-0.25, -0.2) is 4.79 Å². The summed E-state index contributed by atoms with van der Waals surface area (Å²) in [7, 11) is 0. The van der Waals surface area contributed by atoms with Crippen LogP contribution < -0.4 is 0 Å². The van der Waals surface area contributed by atoms with Gasteiger partial charge in [-0.2, -0.15) is 0 Å². The molecule has 0 aromatic heterocycles. The number of carbonyl (C=O) groups excluding carboxylic acids is 1. The Hall–Kier alpha value is -2.33. The molecule has 3 rings (SSSR count). The minimum atomic E-state index is -0.700. The molecule has 2 saturated carbocycles. The normalized spacial score (nSPS) is 33.9. The molecule has 2 fully saturated rings. The standard InChI is InChI=1S/C29H40O4/c1-6-21(2)8-14-25-28(4)18-7-17-27(3,24(28)16-19-29(25,5)32)20-33-26(31)15-11-22-9-12-23(30)13-10-22/h6,9-13,15,24-25,30,32H,1-2,7-8,14,16-20H2,3-5H3/b15-11-/t24-,25-,27+,28-,29+/m0/s1. The molecule has 0 saturated heterocycles. The van der Waals surface area contributed by atoms with E-state index in [0.717, 1.165) is 56.1 Å². The van der Waals surface area contributed by atoms with Crippen molar-refractivity contribution in [3.63, 3.8) is 0 Å². The van der Waals surface area contributed by atoms with Gasteiger partial charge < -0.3 is 14.9 Å². The number of carbonyl (C=O) groups is 1. The third kappa shape index (κ3) is 5.60. The smallest absolute Gasteiger partial charge is 0.330 e. The summed E-state index contributed by atoms with van der Waals surface area (Å²) in [6, 6.07) is 6.69. The maximum absolute atomic E-state index is 12.5. The van der Waals surface area contributed by atoms with Crippen molar-refractivity contribution in [2.75, 3.05) is 6.61 Å². The van der Waals surface area contributed by atoms with Crippen molar-refractivity contribution in [3.05, 3.63) is 60.7 Å². The van der Waals surface area contributed by atoms with Crippen LogP contribution in [0.3, 0.4) is 0 Å². The van der Waals surface area contributed by atoms with Crippen molar-refractivity contribution in [2.45, 2.75) is 71.3 Å². The lowest BCUT2D eigenvalue weighted by Crippen LogP contribution is -2.59. The van der Waals surface area contributed by atoms with E-state index in [4.69, 9.17) is 4.74 Å². The lowest BCUT2D eigenvalue weighted by molar-refractivity contribution is -0.185. The van der Waals surface area contributed by atoms with Crippen LogP contribution in [-0.2, 0) is 9.53 Å². The Bertz CT molecular complexity index is 897. The Morgan fingerprint density at radius 2 is 1.88 bits per heavy atom. The van der Waals surface area contributed by atoms with Crippen LogP contribution in [0.1, 0.15) is 71.3 Å². The lowest BCUT2D eigenvalue weighted by Gasteiger charge is -2.61. The number of hydrogen-bond acceptors (Lipinski definition) is 4. The lowest BCUT2D eigenvalue weighted by atomic mass is 9.45. The maximum atomic E-state index is 12.5. The van der Waals surface area contributed by atoms with Crippen LogP contribution in [0.2, 0.25) is 0 Å². The van der Waals surface area contributed by atoms with Gasteiger partial charge in [0.2, 0.25) is 0 Å². The predicted molar refractivity (Wildman–Crippen MR) is 134 cm³/mol. The van der Waals surface area contributed by atoms with Gasteiger partial charge in [-0.15, -0.1) is 0 Å². The van der Waals surface area contributed by atoms with Gasteiger partial charge in [-0.1, -0.05) is 57.2 Å². The minimum absolute atomic E-state index is 0.00944. The van der Waals surface area contributed by atoms with Crippen LogP contribution in [0.4, 0.5) is 0 Å². The van der Waals surface area contributed by atoms with Gasteiger partial charge >= 0.3 is 5.97 Å². The Kier molecular flexibility index (Phi) is 7.58. The SMILES string of the molecule is C=CC(=C)CC[C@H]1[C@@]2(C)CCC[C@](C)(COC(=O)/C=C\c3ccc(O)cc3)[C@@H]2CC[C@@]1(C)O. The van der Waals surface area contributed by atoms with Crippen LogP contribution in [0, 0.1) is 22.7 Å². The Morgan fingerprint density at radius 1 is 1.18 bits per heavy atom. The van der Waals surface area contributed by atoms with Gasteiger partial charge in [-0.3, -0.25) is 0 Å². The second-order valence-electron chi connectivity index (χ2n) is 10.9. The molecule has 0 aliphatic heterocycles. The predicted octanol–water partition coefficient (Wildman–Crippen LogP) is 6.44. The Labute approximate surface area is 199 Å². The molecule has 0 radical (unpaired) electrons. The first-order valence-electron chi connectivity index (χ1n) is 12.2. The van der Waals surface area contributed by atoms with Gasteiger partial charge in [0.25, 0.3) is 0 Å². The van der Waals surface area contributed by atoms with Gasteiger partial charge in [0.05, 0.1) is 12.2 Å². The molecule has 0 unspecified atom stereocenters. The number of benzene rings is 1. The summed E-state index contributed by atoms with van der Waals surface area (Å²) in [6.45, 7) is 14.9. The molecule has 0 spiro atoms. The van der Waals surface area contributed by atoms with Crippen LogP contribution >= 0.6 is 0 Å². The molecule has 180 valence electrons. The number of aliphatic hydroxyl groups is 1. The summed E-state index contributed by atoms with van der Waals surface area (Å²) in [6.07, 6.45) is 11.6. The van der Waals surface area contributed by atoms with E-state index in [1.165, 1.54) is 6.08 Å². The number of allylic oxidation sites excluding steroid dienone is 2. The van der Waals surface area contributed by atoms with Crippen LogP contribution in [-0.4, -0.2) is 28.4 Å². The first-order valence-corrected chi connectivity index (χ1v) is 12.2. The average molecular weight is 453 g/mol. The van der Waals surface area contributed by atoms with Crippen molar-refractivity contribution in [1.82, 2.24) is 0 Å². The molecule has 33 heavy (non-hydrogen) atoms. The third-order valence-corrected chi connectivity index (χ3v) is 8.48. The Morgan fingerprint density at radius 3 is 2.55 bits per heavy atom. The zero-order valence-corrected chi connectivity index (χ0v) is 20.5. The Balaban J connectivity index is 1.71. The van der Waals surface area contributed by atoms with E-state index in [1.54, 1.807) is 30.3 Å². The first-order chi connectivity index (χ1) is 15.5. The number of phenols is 1. The van der Waals surface area contributed by atoms with E-state index in [9.17, 15) is 15.0 Å².